The van der Waals surface area contributed by atoms with Gasteiger partial charge in [-0.25, -0.2) is 0 Å². The Bertz CT molecular complexity index is 946. The van der Waals surface area contributed by atoms with Crippen molar-refractivity contribution in [2.45, 2.75) is 13.8 Å². The molecule has 0 N–H and O–H groups in total. The van der Waals surface area contributed by atoms with E-state index >= 15 is 0 Å². The molecule has 0 spiro atoms. The van der Waals surface area contributed by atoms with E-state index in [0.29, 0.717) is 26.2 Å². The summed E-state index contributed by atoms with van der Waals surface area (Å²) in [5.41, 5.74) is 2.11. The highest BCUT2D eigenvalue weighted by molar-refractivity contribution is 9.11. The number of hydrogen-bond acceptors (Lipinski definition) is 4. The number of rotatable bonds is 6. The van der Waals surface area contributed by atoms with Crippen LogP contribution in [0.3, 0.4) is 0 Å². The molecule has 0 aliphatic heterocycles. The number of hydrogen-bond donors (Lipinski definition) is 0. The fraction of sp³-hybridized carbons (Fsp3) is 0.100. The zero-order valence-electron chi connectivity index (χ0n) is 15.0. The smallest absolute Gasteiger partial charge is 0.386 e. The van der Waals surface area contributed by atoms with Gasteiger partial charge in [-0.3, -0.25) is 0 Å². The molecular formula is C20H16Br3O4P. The molecule has 0 amide bonds. The third kappa shape index (κ3) is 5.63. The van der Waals surface area contributed by atoms with Crippen molar-refractivity contribution in [2.24, 2.45) is 0 Å². The fourth-order valence-corrected chi connectivity index (χ4v) is 6.20. The summed E-state index contributed by atoms with van der Waals surface area (Å²) >= 11 is 10.2. The number of phosphoric ester groups is 1. The lowest BCUT2D eigenvalue weighted by molar-refractivity contribution is 0.297. The summed E-state index contributed by atoms with van der Waals surface area (Å²) in [6.45, 7) is 3.91. The van der Waals surface area contributed by atoms with E-state index in [0.717, 1.165) is 15.6 Å². The first-order valence-electron chi connectivity index (χ1n) is 8.21. The van der Waals surface area contributed by atoms with Crippen LogP contribution in [0.25, 0.3) is 0 Å². The van der Waals surface area contributed by atoms with Gasteiger partial charge >= 0.3 is 7.82 Å². The average Bonchev–Trinajstić information content (AvgIpc) is 2.62. The molecule has 0 fully saturated rings. The van der Waals surface area contributed by atoms with Crippen LogP contribution in [0.15, 0.2) is 74.1 Å². The number of benzene rings is 3. The van der Waals surface area contributed by atoms with Gasteiger partial charge in [-0.2, -0.15) is 4.57 Å². The van der Waals surface area contributed by atoms with Gasteiger partial charge in [0.15, 0.2) is 5.75 Å². The molecule has 0 saturated carbocycles. The maximum absolute atomic E-state index is 13.6. The van der Waals surface area contributed by atoms with Crippen molar-refractivity contribution < 1.29 is 18.1 Å². The molecule has 3 rings (SSSR count). The summed E-state index contributed by atoms with van der Waals surface area (Å²) in [5.74, 6) is 1.07. The van der Waals surface area contributed by atoms with E-state index in [2.05, 4.69) is 47.8 Å². The largest absolute Gasteiger partial charge is 0.647 e. The molecule has 0 bridgehead atoms. The predicted molar refractivity (Wildman–Crippen MR) is 121 cm³/mol. The SMILES string of the molecule is Cc1ccc(OP(=O)(Oc2ccc(C)cc2)Oc2c(Br)cc(Br)cc2Br)cc1. The first kappa shape index (κ1) is 21.4. The van der Waals surface area contributed by atoms with Crippen molar-refractivity contribution in [1.82, 2.24) is 0 Å². The quantitative estimate of drug-likeness (QED) is 0.271. The molecule has 0 unspecified atom stereocenters. The Balaban J connectivity index is 1.96. The predicted octanol–water partition coefficient (Wildman–Crippen LogP) is 8.24. The summed E-state index contributed by atoms with van der Waals surface area (Å²) in [5, 5.41) is 0. The van der Waals surface area contributed by atoms with E-state index in [4.69, 9.17) is 13.6 Å². The van der Waals surface area contributed by atoms with Crippen molar-refractivity contribution in [3.8, 4) is 17.2 Å². The second-order valence-corrected chi connectivity index (χ2v) is 10.1. The summed E-state index contributed by atoms with van der Waals surface area (Å²) in [6, 6.07) is 17.9. The van der Waals surface area contributed by atoms with Gasteiger partial charge < -0.3 is 13.6 Å². The van der Waals surface area contributed by atoms with Crippen LogP contribution in [-0.2, 0) is 4.57 Å². The standard InChI is InChI=1S/C20H16Br3O4P/c1-13-3-7-16(8-4-13)25-28(24,26-17-9-5-14(2)6-10-17)27-20-18(22)11-15(21)12-19(20)23/h3-12H,1-2H3. The highest BCUT2D eigenvalue weighted by Gasteiger charge is 2.35. The second kappa shape index (κ2) is 9.04. The van der Waals surface area contributed by atoms with E-state index in [1.54, 1.807) is 36.4 Å². The maximum Gasteiger partial charge on any atom is 0.647 e. The van der Waals surface area contributed by atoms with Crippen LogP contribution in [0.1, 0.15) is 11.1 Å². The molecule has 0 atom stereocenters. The fourth-order valence-electron chi connectivity index (χ4n) is 2.24. The van der Waals surface area contributed by atoms with Gasteiger partial charge in [0, 0.05) is 4.47 Å². The molecule has 0 aliphatic rings. The molecule has 28 heavy (non-hydrogen) atoms. The normalized spacial score (nSPS) is 11.2. The van der Waals surface area contributed by atoms with Crippen LogP contribution in [0, 0.1) is 13.8 Å². The minimum absolute atomic E-state index is 0.311. The lowest BCUT2D eigenvalue weighted by atomic mass is 10.2. The molecule has 4 nitrogen and oxygen atoms in total. The van der Waals surface area contributed by atoms with Crippen molar-refractivity contribution in [3.05, 3.63) is 85.2 Å². The first-order valence-corrected chi connectivity index (χ1v) is 12.0. The van der Waals surface area contributed by atoms with Gasteiger partial charge in [0.25, 0.3) is 0 Å². The van der Waals surface area contributed by atoms with Gasteiger partial charge in [0.2, 0.25) is 0 Å². The number of phosphoric acid groups is 1. The second-order valence-electron chi connectivity index (χ2n) is 6.05. The lowest BCUT2D eigenvalue weighted by Gasteiger charge is -2.21. The minimum atomic E-state index is -4.06. The third-order valence-corrected chi connectivity index (χ3v) is 6.55. The molecular weight excluding hydrogens is 575 g/mol. The van der Waals surface area contributed by atoms with Crippen molar-refractivity contribution >= 4 is 55.6 Å². The molecule has 8 heteroatoms. The zero-order valence-corrected chi connectivity index (χ0v) is 20.6. The molecule has 3 aromatic rings. The summed E-state index contributed by atoms with van der Waals surface area (Å²) in [4.78, 5) is 0. The lowest BCUT2D eigenvalue weighted by Crippen LogP contribution is -2.08. The van der Waals surface area contributed by atoms with Crippen LogP contribution >= 0.6 is 55.6 Å². The average molecular weight is 591 g/mol. The third-order valence-electron chi connectivity index (χ3n) is 3.64. The van der Waals surface area contributed by atoms with Crippen LogP contribution in [-0.4, -0.2) is 0 Å². The first-order chi connectivity index (χ1) is 13.2. The van der Waals surface area contributed by atoms with Crippen molar-refractivity contribution in [3.63, 3.8) is 0 Å². The molecule has 3 aromatic carbocycles. The summed E-state index contributed by atoms with van der Waals surface area (Å²) in [6.07, 6.45) is 0. The van der Waals surface area contributed by atoms with E-state index in [9.17, 15) is 4.57 Å². The van der Waals surface area contributed by atoms with Gasteiger partial charge in [0.1, 0.15) is 11.5 Å². The van der Waals surface area contributed by atoms with Gasteiger partial charge in [0.05, 0.1) is 8.95 Å². The monoisotopic (exact) mass is 588 g/mol. The highest BCUT2D eigenvalue weighted by atomic mass is 79.9. The van der Waals surface area contributed by atoms with E-state index < -0.39 is 7.82 Å². The van der Waals surface area contributed by atoms with Crippen LogP contribution in [0.5, 0.6) is 17.2 Å². The summed E-state index contributed by atoms with van der Waals surface area (Å²) in [7, 11) is -4.06. The Morgan fingerprint density at radius 2 is 1.07 bits per heavy atom. The Kier molecular flexibility index (Phi) is 6.92. The Morgan fingerprint density at radius 1 is 0.679 bits per heavy atom. The van der Waals surface area contributed by atoms with E-state index in [1.165, 1.54) is 0 Å². The van der Waals surface area contributed by atoms with E-state index in [1.807, 2.05) is 38.1 Å². The highest BCUT2D eigenvalue weighted by Crippen LogP contribution is 2.53. The zero-order chi connectivity index (χ0) is 20.3. The Hall–Kier alpha value is -1.27. The Morgan fingerprint density at radius 3 is 1.46 bits per heavy atom. The molecule has 0 aliphatic carbocycles. The molecule has 146 valence electrons. The summed E-state index contributed by atoms with van der Waals surface area (Å²) < 4.78 is 32.7. The molecule has 0 saturated heterocycles. The Labute approximate surface area is 189 Å². The number of aryl methyl sites for hydroxylation is 2. The van der Waals surface area contributed by atoms with E-state index in [-0.39, 0.29) is 0 Å². The maximum atomic E-state index is 13.6. The molecule has 0 heterocycles. The van der Waals surface area contributed by atoms with Crippen LogP contribution in [0.2, 0.25) is 0 Å². The van der Waals surface area contributed by atoms with Gasteiger partial charge in [-0.05, 0) is 82.1 Å². The number of halogens is 3. The van der Waals surface area contributed by atoms with Crippen LogP contribution < -0.4 is 13.6 Å². The topological polar surface area (TPSA) is 44.8 Å². The van der Waals surface area contributed by atoms with Gasteiger partial charge in [-0.1, -0.05) is 51.3 Å². The van der Waals surface area contributed by atoms with Crippen molar-refractivity contribution in [2.75, 3.05) is 0 Å². The molecule has 0 radical (unpaired) electrons. The minimum Gasteiger partial charge on any atom is -0.386 e. The van der Waals surface area contributed by atoms with Crippen molar-refractivity contribution in [1.29, 1.82) is 0 Å². The van der Waals surface area contributed by atoms with Crippen LogP contribution in [0.4, 0.5) is 0 Å². The molecule has 0 aromatic heterocycles. The van der Waals surface area contributed by atoms with Gasteiger partial charge in [-0.15, -0.1) is 0 Å².